The van der Waals surface area contributed by atoms with Crippen molar-refractivity contribution in [3.63, 3.8) is 0 Å². The molecule has 1 fully saturated rings. The summed E-state index contributed by atoms with van der Waals surface area (Å²) in [4.78, 5) is 6.56. The van der Waals surface area contributed by atoms with Gasteiger partial charge in [-0.3, -0.25) is 4.99 Å². The van der Waals surface area contributed by atoms with E-state index in [1.807, 2.05) is 0 Å². The van der Waals surface area contributed by atoms with Crippen molar-refractivity contribution < 1.29 is 12.8 Å². The Bertz CT molecular complexity index is 750. The molecule has 1 saturated heterocycles. The van der Waals surface area contributed by atoms with E-state index in [-0.39, 0.29) is 35.5 Å². The van der Waals surface area contributed by atoms with Crippen molar-refractivity contribution in [2.45, 2.75) is 31.6 Å². The zero-order chi connectivity index (χ0) is 19.9. The molecule has 0 radical (unpaired) electrons. The minimum Gasteiger partial charge on any atom is -0.356 e. The van der Waals surface area contributed by atoms with Gasteiger partial charge in [-0.15, -0.1) is 24.0 Å². The minimum absolute atomic E-state index is 0. The molecule has 0 atom stereocenters. The van der Waals surface area contributed by atoms with Crippen molar-refractivity contribution in [1.82, 2.24) is 15.5 Å². The van der Waals surface area contributed by atoms with Gasteiger partial charge in [0.25, 0.3) is 0 Å². The molecule has 0 aliphatic carbocycles. The second-order valence-electron chi connectivity index (χ2n) is 7.37. The van der Waals surface area contributed by atoms with Crippen LogP contribution in [0.25, 0.3) is 0 Å². The third-order valence-electron chi connectivity index (χ3n) is 4.94. The summed E-state index contributed by atoms with van der Waals surface area (Å²) < 4.78 is 36.8. The summed E-state index contributed by atoms with van der Waals surface area (Å²) >= 11 is 0. The number of hydrogen-bond acceptors (Lipinski definition) is 4. The maximum atomic E-state index is 13.6. The summed E-state index contributed by atoms with van der Waals surface area (Å²) in [6, 6.07) is 4.20. The molecule has 0 spiro atoms. The van der Waals surface area contributed by atoms with Crippen LogP contribution in [-0.4, -0.2) is 59.3 Å². The van der Waals surface area contributed by atoms with Gasteiger partial charge < -0.3 is 15.5 Å². The number of guanidine groups is 1. The smallest absolute Gasteiger partial charge is 0.191 e. The third-order valence-corrected chi connectivity index (χ3v) is 5.77. The van der Waals surface area contributed by atoms with Crippen LogP contribution in [0.15, 0.2) is 23.2 Å². The van der Waals surface area contributed by atoms with Crippen LogP contribution in [-0.2, 0) is 22.1 Å². The van der Waals surface area contributed by atoms with E-state index < -0.39 is 9.84 Å². The molecule has 0 saturated carbocycles. The number of sulfone groups is 1. The van der Waals surface area contributed by atoms with Crippen LogP contribution in [0.2, 0.25) is 0 Å². The number of benzene rings is 1. The van der Waals surface area contributed by atoms with E-state index >= 15 is 0 Å². The summed E-state index contributed by atoms with van der Waals surface area (Å²) in [6.07, 6.45) is 4.72. The zero-order valence-corrected chi connectivity index (χ0v) is 20.0. The predicted octanol–water partition coefficient (Wildman–Crippen LogP) is 2.39. The Hall–Kier alpha value is -0.940. The molecular weight excluding hydrogens is 494 g/mol. The van der Waals surface area contributed by atoms with Crippen LogP contribution in [0.5, 0.6) is 0 Å². The lowest BCUT2D eigenvalue weighted by atomic mass is 9.94. The molecule has 1 aromatic carbocycles. The molecule has 9 heteroatoms. The van der Waals surface area contributed by atoms with Gasteiger partial charge in [0, 0.05) is 26.4 Å². The molecule has 1 aliphatic rings. The van der Waals surface area contributed by atoms with E-state index in [2.05, 4.69) is 27.6 Å². The lowest BCUT2D eigenvalue weighted by molar-refractivity contribution is 0.213. The first-order valence-electron chi connectivity index (χ1n) is 9.35. The fourth-order valence-corrected chi connectivity index (χ4v) is 4.17. The zero-order valence-electron chi connectivity index (χ0n) is 16.9. The highest BCUT2D eigenvalue weighted by Crippen LogP contribution is 2.18. The van der Waals surface area contributed by atoms with Crippen molar-refractivity contribution in [3.8, 4) is 0 Å². The number of halogens is 2. The second-order valence-corrected chi connectivity index (χ2v) is 9.51. The topological polar surface area (TPSA) is 73.8 Å². The number of nitrogens with zero attached hydrogens (tertiary/aromatic N) is 2. The van der Waals surface area contributed by atoms with Gasteiger partial charge in [-0.05, 0) is 68.6 Å². The standard InChI is InChI=1S/C19H31FN4O2S.HI/c1-21-19(22-9-6-15-7-10-24(2)11-8-15)23-13-17-12-18(20)5-4-16(17)14-27(3,25)26;/h4-5,12,15H,6-11,13-14H2,1-3H3,(H2,21,22,23);1H. The molecule has 1 aromatic rings. The first-order valence-corrected chi connectivity index (χ1v) is 11.4. The van der Waals surface area contributed by atoms with E-state index in [0.29, 0.717) is 23.6 Å². The molecule has 28 heavy (non-hydrogen) atoms. The monoisotopic (exact) mass is 526 g/mol. The van der Waals surface area contributed by atoms with Crippen molar-refractivity contribution in [2.24, 2.45) is 10.9 Å². The normalized spacial score (nSPS) is 16.5. The molecule has 0 unspecified atom stereocenters. The van der Waals surface area contributed by atoms with Crippen LogP contribution in [0.4, 0.5) is 4.39 Å². The maximum absolute atomic E-state index is 13.6. The Kier molecular flexibility index (Phi) is 10.7. The fraction of sp³-hybridized carbons (Fsp3) is 0.632. The Morgan fingerprint density at radius 1 is 1.25 bits per heavy atom. The van der Waals surface area contributed by atoms with Crippen LogP contribution in [0.3, 0.4) is 0 Å². The molecule has 1 aliphatic heterocycles. The molecule has 1 heterocycles. The number of likely N-dealkylation sites (tertiary alicyclic amines) is 1. The molecule has 6 nitrogen and oxygen atoms in total. The highest BCUT2D eigenvalue weighted by atomic mass is 127. The molecular formula is C19H32FIN4O2S. The molecule has 2 rings (SSSR count). The Morgan fingerprint density at radius 3 is 2.54 bits per heavy atom. The number of hydrogen-bond donors (Lipinski definition) is 2. The highest BCUT2D eigenvalue weighted by molar-refractivity contribution is 14.0. The van der Waals surface area contributed by atoms with Gasteiger partial charge in [-0.2, -0.15) is 0 Å². The fourth-order valence-electron chi connectivity index (χ4n) is 3.33. The van der Waals surface area contributed by atoms with Crippen LogP contribution in [0, 0.1) is 11.7 Å². The van der Waals surface area contributed by atoms with Crippen molar-refractivity contribution >= 4 is 39.8 Å². The average molecular weight is 526 g/mol. The third kappa shape index (κ3) is 9.04. The first-order chi connectivity index (χ1) is 12.8. The summed E-state index contributed by atoms with van der Waals surface area (Å²) in [7, 11) is 0.659. The largest absolute Gasteiger partial charge is 0.356 e. The van der Waals surface area contributed by atoms with Gasteiger partial charge in [-0.1, -0.05) is 6.07 Å². The lowest BCUT2D eigenvalue weighted by Gasteiger charge is -2.29. The van der Waals surface area contributed by atoms with E-state index in [1.54, 1.807) is 7.05 Å². The van der Waals surface area contributed by atoms with Crippen LogP contribution in [0.1, 0.15) is 30.4 Å². The van der Waals surface area contributed by atoms with Gasteiger partial charge in [-0.25, -0.2) is 12.8 Å². The number of rotatable bonds is 7. The molecule has 160 valence electrons. The Balaban J connectivity index is 0.00000392. The van der Waals surface area contributed by atoms with E-state index in [1.165, 1.54) is 37.3 Å². The Morgan fingerprint density at radius 2 is 1.93 bits per heavy atom. The van der Waals surface area contributed by atoms with Gasteiger partial charge in [0.05, 0.1) is 5.75 Å². The van der Waals surface area contributed by atoms with Crippen molar-refractivity contribution in [2.75, 3.05) is 40.0 Å². The second kappa shape index (κ2) is 11.9. The minimum atomic E-state index is -3.19. The molecule has 2 N–H and O–H groups in total. The van der Waals surface area contributed by atoms with E-state index in [4.69, 9.17) is 0 Å². The molecule has 0 amide bonds. The average Bonchev–Trinajstić information content (AvgIpc) is 2.60. The number of piperidine rings is 1. The van der Waals surface area contributed by atoms with Gasteiger partial charge in [0.15, 0.2) is 15.8 Å². The summed E-state index contributed by atoms with van der Waals surface area (Å²) in [5.74, 6) is 0.884. The highest BCUT2D eigenvalue weighted by Gasteiger charge is 2.16. The van der Waals surface area contributed by atoms with Gasteiger partial charge in [0.1, 0.15) is 5.82 Å². The number of aliphatic imine (C=N–C) groups is 1. The SMILES string of the molecule is CN=C(NCCC1CCN(C)CC1)NCc1cc(F)ccc1CS(C)(=O)=O.I. The van der Waals surface area contributed by atoms with Crippen molar-refractivity contribution in [3.05, 3.63) is 35.1 Å². The quantitative estimate of drug-likeness (QED) is 0.325. The molecule has 0 bridgehead atoms. The number of nitrogens with one attached hydrogen (secondary N) is 2. The van der Waals surface area contributed by atoms with E-state index in [9.17, 15) is 12.8 Å². The summed E-state index contributed by atoms with van der Waals surface area (Å²) in [5.41, 5.74) is 1.23. The Labute approximate surface area is 185 Å². The summed E-state index contributed by atoms with van der Waals surface area (Å²) in [6.45, 7) is 3.45. The van der Waals surface area contributed by atoms with Crippen LogP contribution >= 0.6 is 24.0 Å². The lowest BCUT2D eigenvalue weighted by Crippen LogP contribution is -2.39. The predicted molar refractivity (Wildman–Crippen MR) is 123 cm³/mol. The summed E-state index contributed by atoms with van der Waals surface area (Å²) in [5, 5.41) is 6.45. The van der Waals surface area contributed by atoms with Crippen LogP contribution < -0.4 is 10.6 Å². The van der Waals surface area contributed by atoms with Gasteiger partial charge in [0.2, 0.25) is 0 Å². The van der Waals surface area contributed by atoms with E-state index in [0.717, 1.165) is 32.0 Å². The van der Waals surface area contributed by atoms with Crippen molar-refractivity contribution in [1.29, 1.82) is 0 Å². The maximum Gasteiger partial charge on any atom is 0.191 e. The van der Waals surface area contributed by atoms with Gasteiger partial charge >= 0.3 is 0 Å². The molecule has 0 aromatic heterocycles. The first kappa shape index (κ1) is 25.1.